The molecule has 17 heavy (non-hydrogen) atoms. The van der Waals surface area contributed by atoms with Gasteiger partial charge in [0.1, 0.15) is 0 Å². The fourth-order valence-corrected chi connectivity index (χ4v) is 3.94. The highest BCUT2D eigenvalue weighted by molar-refractivity contribution is 5.21. The molecule has 98 valence electrons. The molecule has 1 N–H and O–H groups in total. The number of hydrogen-bond donors (Lipinski definition) is 1. The number of aliphatic hydroxyl groups excluding tert-OH is 1. The zero-order valence-electron chi connectivity index (χ0n) is 11.7. The van der Waals surface area contributed by atoms with Crippen LogP contribution < -0.4 is 0 Å². The van der Waals surface area contributed by atoms with Crippen LogP contribution in [0.3, 0.4) is 0 Å². The highest BCUT2D eigenvalue weighted by atomic mass is 16.5. The highest BCUT2D eigenvalue weighted by Crippen LogP contribution is 2.53. The number of ether oxygens (including phenoxy) is 1. The zero-order chi connectivity index (χ0) is 12.8. The van der Waals surface area contributed by atoms with Gasteiger partial charge in [-0.1, -0.05) is 39.3 Å². The van der Waals surface area contributed by atoms with Gasteiger partial charge in [0.25, 0.3) is 0 Å². The molecule has 4 unspecified atom stereocenters. The van der Waals surface area contributed by atoms with Crippen LogP contribution in [-0.4, -0.2) is 24.4 Å². The standard InChI is InChI=1S/C15H26O2/c1-9(2)14-13-10(3)6-11(4)15(7-16,8-17-14)12(13)5/h6,9,11-14,16H,7-8H2,1-5H3/t11?,12-,13?,14?,15?/m1/s1. The lowest BCUT2D eigenvalue weighted by Crippen LogP contribution is -2.57. The Bertz CT molecular complexity index is 321. The smallest absolute Gasteiger partial charge is 0.0666 e. The van der Waals surface area contributed by atoms with E-state index in [1.54, 1.807) is 0 Å². The summed E-state index contributed by atoms with van der Waals surface area (Å²) < 4.78 is 6.11. The van der Waals surface area contributed by atoms with Crippen LogP contribution in [0.5, 0.6) is 0 Å². The highest BCUT2D eigenvalue weighted by Gasteiger charge is 2.53. The van der Waals surface area contributed by atoms with E-state index in [1.165, 1.54) is 5.57 Å². The van der Waals surface area contributed by atoms with E-state index >= 15 is 0 Å². The lowest BCUT2D eigenvalue weighted by atomic mass is 9.55. The number of fused-ring (bicyclic) bond motifs is 2. The van der Waals surface area contributed by atoms with Crippen LogP contribution >= 0.6 is 0 Å². The van der Waals surface area contributed by atoms with E-state index in [0.717, 1.165) is 0 Å². The Morgan fingerprint density at radius 2 is 2.12 bits per heavy atom. The molecule has 0 saturated carbocycles. The predicted octanol–water partition coefficient (Wildman–Crippen LogP) is 2.87. The third kappa shape index (κ3) is 1.77. The molecule has 0 aromatic heterocycles. The molecule has 1 heterocycles. The lowest BCUT2D eigenvalue weighted by Gasteiger charge is -2.55. The van der Waals surface area contributed by atoms with Crippen molar-refractivity contribution >= 4 is 0 Å². The second-order valence-corrected chi connectivity index (χ2v) is 6.42. The Hall–Kier alpha value is -0.340. The van der Waals surface area contributed by atoms with E-state index in [0.29, 0.717) is 36.4 Å². The average Bonchev–Trinajstić information content (AvgIpc) is 2.26. The number of rotatable bonds is 2. The third-order valence-electron chi connectivity index (χ3n) is 5.24. The fourth-order valence-electron chi connectivity index (χ4n) is 3.94. The average molecular weight is 238 g/mol. The van der Waals surface area contributed by atoms with E-state index < -0.39 is 0 Å². The van der Waals surface area contributed by atoms with E-state index in [4.69, 9.17) is 4.74 Å². The normalized spacial score (nSPS) is 45.9. The molecule has 1 saturated heterocycles. The Balaban J connectivity index is 2.41. The first-order chi connectivity index (χ1) is 7.94. The minimum absolute atomic E-state index is 0.0600. The van der Waals surface area contributed by atoms with Crippen molar-refractivity contribution in [3.05, 3.63) is 11.6 Å². The Labute approximate surface area is 105 Å². The van der Waals surface area contributed by atoms with E-state index in [2.05, 4.69) is 40.7 Å². The maximum atomic E-state index is 9.84. The van der Waals surface area contributed by atoms with Crippen molar-refractivity contribution < 1.29 is 9.84 Å². The second-order valence-electron chi connectivity index (χ2n) is 6.42. The lowest BCUT2D eigenvalue weighted by molar-refractivity contribution is -0.174. The van der Waals surface area contributed by atoms with Gasteiger partial charge in [-0.05, 0) is 24.7 Å². The van der Waals surface area contributed by atoms with Gasteiger partial charge in [0.05, 0.1) is 19.3 Å². The molecule has 0 radical (unpaired) electrons. The summed E-state index contributed by atoms with van der Waals surface area (Å²) in [7, 11) is 0. The first-order valence-electron chi connectivity index (χ1n) is 6.85. The molecule has 0 spiro atoms. The Morgan fingerprint density at radius 1 is 1.47 bits per heavy atom. The van der Waals surface area contributed by atoms with Crippen LogP contribution in [0.15, 0.2) is 11.6 Å². The van der Waals surface area contributed by atoms with Gasteiger partial charge in [-0.25, -0.2) is 0 Å². The van der Waals surface area contributed by atoms with Gasteiger partial charge in [0.15, 0.2) is 0 Å². The van der Waals surface area contributed by atoms with Crippen molar-refractivity contribution in [1.82, 2.24) is 0 Å². The molecule has 0 aromatic carbocycles. The van der Waals surface area contributed by atoms with Crippen molar-refractivity contribution in [2.24, 2.45) is 29.1 Å². The van der Waals surface area contributed by atoms with Crippen LogP contribution in [0.4, 0.5) is 0 Å². The Morgan fingerprint density at radius 3 is 2.65 bits per heavy atom. The molecule has 2 bridgehead atoms. The van der Waals surface area contributed by atoms with Crippen LogP contribution in [-0.2, 0) is 4.74 Å². The van der Waals surface area contributed by atoms with Gasteiger partial charge in [0, 0.05) is 11.3 Å². The molecule has 0 aromatic rings. The van der Waals surface area contributed by atoms with Crippen LogP contribution in [0.2, 0.25) is 0 Å². The number of aliphatic hydroxyl groups is 1. The summed E-state index contributed by atoms with van der Waals surface area (Å²) >= 11 is 0. The summed E-state index contributed by atoms with van der Waals surface area (Å²) in [4.78, 5) is 0. The summed E-state index contributed by atoms with van der Waals surface area (Å²) in [6, 6.07) is 0. The van der Waals surface area contributed by atoms with Crippen LogP contribution in [0.25, 0.3) is 0 Å². The van der Waals surface area contributed by atoms with Gasteiger partial charge in [0.2, 0.25) is 0 Å². The number of hydrogen-bond acceptors (Lipinski definition) is 2. The topological polar surface area (TPSA) is 29.5 Å². The number of allylic oxidation sites excluding steroid dienone is 1. The predicted molar refractivity (Wildman–Crippen MR) is 69.7 cm³/mol. The summed E-state index contributed by atoms with van der Waals surface area (Å²) in [6.07, 6.45) is 2.67. The SMILES string of the molecule is CC1=CC(C)C2(CO)COC(C(C)C)C1[C@H]2C. The summed E-state index contributed by atoms with van der Waals surface area (Å²) in [5.74, 6) is 1.93. The van der Waals surface area contributed by atoms with Gasteiger partial charge in [-0.3, -0.25) is 0 Å². The maximum absolute atomic E-state index is 9.84. The zero-order valence-corrected chi connectivity index (χ0v) is 11.7. The largest absolute Gasteiger partial charge is 0.396 e. The molecule has 1 aliphatic heterocycles. The van der Waals surface area contributed by atoms with Gasteiger partial charge in [-0.15, -0.1) is 0 Å². The molecule has 5 atom stereocenters. The van der Waals surface area contributed by atoms with Crippen molar-refractivity contribution in [3.63, 3.8) is 0 Å². The van der Waals surface area contributed by atoms with Crippen molar-refractivity contribution in [3.8, 4) is 0 Å². The monoisotopic (exact) mass is 238 g/mol. The van der Waals surface area contributed by atoms with Gasteiger partial charge in [-0.2, -0.15) is 0 Å². The summed E-state index contributed by atoms with van der Waals surface area (Å²) in [5, 5.41) is 9.84. The summed E-state index contributed by atoms with van der Waals surface area (Å²) in [5.41, 5.74) is 1.39. The molecule has 1 fully saturated rings. The molecule has 1 aliphatic carbocycles. The van der Waals surface area contributed by atoms with Crippen molar-refractivity contribution in [2.75, 3.05) is 13.2 Å². The molecule has 2 aliphatic rings. The van der Waals surface area contributed by atoms with Crippen LogP contribution in [0.1, 0.15) is 34.6 Å². The maximum Gasteiger partial charge on any atom is 0.0666 e. The Kier molecular flexibility index (Phi) is 3.39. The van der Waals surface area contributed by atoms with E-state index in [9.17, 15) is 5.11 Å². The van der Waals surface area contributed by atoms with Gasteiger partial charge >= 0.3 is 0 Å². The molecule has 2 heteroatoms. The molecule has 2 nitrogen and oxygen atoms in total. The van der Waals surface area contributed by atoms with E-state index in [-0.39, 0.29) is 12.0 Å². The molecular weight excluding hydrogens is 212 g/mol. The van der Waals surface area contributed by atoms with Crippen molar-refractivity contribution in [2.45, 2.75) is 40.7 Å². The second kappa shape index (κ2) is 4.40. The molecule has 2 rings (SSSR count). The fraction of sp³-hybridized carbons (Fsp3) is 0.867. The molecule has 0 amide bonds. The molecular formula is C15H26O2. The minimum Gasteiger partial charge on any atom is -0.396 e. The van der Waals surface area contributed by atoms with E-state index in [1.807, 2.05) is 0 Å². The first kappa shape index (κ1) is 13.1. The van der Waals surface area contributed by atoms with Gasteiger partial charge < -0.3 is 9.84 Å². The quantitative estimate of drug-likeness (QED) is 0.750. The van der Waals surface area contributed by atoms with Crippen LogP contribution in [0, 0.1) is 29.1 Å². The minimum atomic E-state index is -0.0600. The van der Waals surface area contributed by atoms with Crippen molar-refractivity contribution in [1.29, 1.82) is 0 Å². The summed E-state index contributed by atoms with van der Waals surface area (Å²) in [6.45, 7) is 12.1. The first-order valence-corrected chi connectivity index (χ1v) is 6.85. The third-order valence-corrected chi connectivity index (χ3v) is 5.24.